The summed E-state index contributed by atoms with van der Waals surface area (Å²) in [6.45, 7) is 4.32. The molecule has 1 N–H and O–H groups in total. The number of nitrogens with one attached hydrogen (secondary N) is 1. The predicted molar refractivity (Wildman–Crippen MR) is 88.1 cm³/mol. The molecule has 2 aromatic rings. The zero-order chi connectivity index (χ0) is 13.8. The first-order valence-corrected chi connectivity index (χ1v) is 8.30. The van der Waals surface area contributed by atoms with E-state index < -0.39 is 0 Å². The molecule has 0 aliphatic rings. The molecule has 1 aromatic carbocycles. The van der Waals surface area contributed by atoms with E-state index in [9.17, 15) is 0 Å². The molecule has 0 saturated heterocycles. The lowest BCUT2D eigenvalue weighted by Crippen LogP contribution is -2.17. The molecule has 0 aliphatic heterocycles. The molecule has 0 saturated carbocycles. The third-order valence-electron chi connectivity index (χ3n) is 3.51. The average molecular weight is 338 g/mol. The van der Waals surface area contributed by atoms with Crippen molar-refractivity contribution < 1.29 is 0 Å². The molecule has 1 heterocycles. The molecule has 0 aliphatic carbocycles. The van der Waals surface area contributed by atoms with Gasteiger partial charge in [-0.2, -0.15) is 11.3 Å². The Morgan fingerprint density at radius 1 is 1.26 bits per heavy atom. The van der Waals surface area contributed by atoms with Gasteiger partial charge < -0.3 is 5.32 Å². The molecule has 0 radical (unpaired) electrons. The summed E-state index contributed by atoms with van der Waals surface area (Å²) in [5.41, 5.74) is 5.45. The van der Waals surface area contributed by atoms with Crippen LogP contribution in [0.3, 0.4) is 0 Å². The van der Waals surface area contributed by atoms with Crippen molar-refractivity contribution >= 4 is 27.3 Å². The minimum Gasteiger partial charge on any atom is -0.313 e. The van der Waals surface area contributed by atoms with Crippen molar-refractivity contribution in [1.82, 2.24) is 5.32 Å². The molecule has 1 unspecified atom stereocenters. The highest BCUT2D eigenvalue weighted by Crippen LogP contribution is 2.27. The predicted octanol–water partition coefficient (Wildman–Crippen LogP) is 5.02. The van der Waals surface area contributed by atoms with Gasteiger partial charge in [0.25, 0.3) is 0 Å². The maximum Gasteiger partial charge on any atom is 0.0320 e. The Kier molecular flexibility index (Phi) is 5.20. The molecule has 1 nitrogen and oxygen atoms in total. The van der Waals surface area contributed by atoms with E-state index in [1.807, 2.05) is 7.05 Å². The van der Waals surface area contributed by atoms with Gasteiger partial charge in [-0.1, -0.05) is 28.1 Å². The molecule has 1 atom stereocenters. The summed E-state index contributed by atoms with van der Waals surface area (Å²) in [6, 6.07) is 7.21. The van der Waals surface area contributed by atoms with Gasteiger partial charge in [0.1, 0.15) is 0 Å². The van der Waals surface area contributed by atoms with Crippen LogP contribution in [0.4, 0.5) is 0 Å². The second kappa shape index (κ2) is 6.69. The molecule has 0 fully saturated rings. The minimum absolute atomic E-state index is 0.422. The van der Waals surface area contributed by atoms with E-state index in [0.29, 0.717) is 6.04 Å². The topological polar surface area (TPSA) is 12.0 Å². The Bertz CT molecular complexity index is 511. The van der Waals surface area contributed by atoms with Gasteiger partial charge in [0, 0.05) is 10.5 Å². The first kappa shape index (κ1) is 14.8. The lowest BCUT2D eigenvalue weighted by molar-refractivity contribution is 0.549. The second-order valence-electron chi connectivity index (χ2n) is 4.98. The Morgan fingerprint density at radius 2 is 1.95 bits per heavy atom. The summed E-state index contributed by atoms with van der Waals surface area (Å²) in [5, 5.41) is 7.83. The van der Waals surface area contributed by atoms with Gasteiger partial charge in [0.05, 0.1) is 0 Å². The molecular formula is C16H20BrNS. The Hall–Kier alpha value is -0.640. The fourth-order valence-electron chi connectivity index (χ4n) is 2.40. The number of aryl methyl sites for hydroxylation is 3. The number of thiophene rings is 1. The summed E-state index contributed by atoms with van der Waals surface area (Å²) in [4.78, 5) is 0. The SMILES string of the molecule is CNC(CCc1ccsc1)c1cc(C)c(Br)c(C)c1. The van der Waals surface area contributed by atoms with Crippen molar-refractivity contribution in [2.45, 2.75) is 32.7 Å². The first-order chi connectivity index (χ1) is 9.11. The molecule has 2 rings (SSSR count). The van der Waals surface area contributed by atoms with E-state index in [1.165, 1.54) is 26.7 Å². The van der Waals surface area contributed by atoms with Gasteiger partial charge in [0.2, 0.25) is 0 Å². The molecule has 19 heavy (non-hydrogen) atoms. The third-order valence-corrected chi connectivity index (χ3v) is 5.49. The highest BCUT2D eigenvalue weighted by atomic mass is 79.9. The van der Waals surface area contributed by atoms with Crippen molar-refractivity contribution in [2.75, 3.05) is 7.05 Å². The summed E-state index contributed by atoms with van der Waals surface area (Å²) in [7, 11) is 2.05. The van der Waals surface area contributed by atoms with E-state index in [0.717, 1.165) is 12.8 Å². The van der Waals surface area contributed by atoms with E-state index in [-0.39, 0.29) is 0 Å². The van der Waals surface area contributed by atoms with Crippen molar-refractivity contribution in [3.63, 3.8) is 0 Å². The van der Waals surface area contributed by atoms with Crippen LogP contribution in [0.15, 0.2) is 33.4 Å². The van der Waals surface area contributed by atoms with Crippen LogP contribution in [-0.4, -0.2) is 7.05 Å². The normalized spacial score (nSPS) is 12.6. The summed E-state index contributed by atoms with van der Waals surface area (Å²) < 4.78 is 1.23. The van der Waals surface area contributed by atoms with Crippen molar-refractivity contribution in [3.05, 3.63) is 55.7 Å². The highest BCUT2D eigenvalue weighted by molar-refractivity contribution is 9.10. The molecule has 0 amide bonds. The van der Waals surface area contributed by atoms with Gasteiger partial charge in [-0.25, -0.2) is 0 Å². The Morgan fingerprint density at radius 3 is 2.47 bits per heavy atom. The maximum atomic E-state index is 3.64. The van der Waals surface area contributed by atoms with Crippen molar-refractivity contribution in [2.24, 2.45) is 0 Å². The highest BCUT2D eigenvalue weighted by Gasteiger charge is 2.12. The van der Waals surface area contributed by atoms with E-state index in [4.69, 9.17) is 0 Å². The zero-order valence-electron chi connectivity index (χ0n) is 11.7. The van der Waals surface area contributed by atoms with Crippen LogP contribution in [0.5, 0.6) is 0 Å². The van der Waals surface area contributed by atoms with Crippen LogP contribution in [0.2, 0.25) is 0 Å². The number of halogens is 1. The smallest absolute Gasteiger partial charge is 0.0320 e. The van der Waals surface area contributed by atoms with Crippen LogP contribution in [0, 0.1) is 13.8 Å². The van der Waals surface area contributed by atoms with Crippen LogP contribution >= 0.6 is 27.3 Å². The summed E-state index contributed by atoms with van der Waals surface area (Å²) in [6.07, 6.45) is 2.26. The summed E-state index contributed by atoms with van der Waals surface area (Å²) >= 11 is 5.41. The lowest BCUT2D eigenvalue weighted by Gasteiger charge is -2.18. The van der Waals surface area contributed by atoms with Crippen LogP contribution in [0.25, 0.3) is 0 Å². The van der Waals surface area contributed by atoms with E-state index in [1.54, 1.807) is 11.3 Å². The number of rotatable bonds is 5. The fraction of sp³-hybridized carbons (Fsp3) is 0.375. The van der Waals surface area contributed by atoms with Crippen molar-refractivity contribution in [1.29, 1.82) is 0 Å². The van der Waals surface area contributed by atoms with Gasteiger partial charge in [-0.05, 0) is 72.8 Å². The fourth-order valence-corrected chi connectivity index (χ4v) is 3.34. The number of benzene rings is 1. The van der Waals surface area contributed by atoms with Crippen LogP contribution in [-0.2, 0) is 6.42 Å². The zero-order valence-corrected chi connectivity index (χ0v) is 14.1. The Labute approximate surface area is 128 Å². The second-order valence-corrected chi connectivity index (χ2v) is 6.55. The quantitative estimate of drug-likeness (QED) is 0.807. The van der Waals surface area contributed by atoms with Crippen molar-refractivity contribution in [3.8, 4) is 0 Å². The van der Waals surface area contributed by atoms with Gasteiger partial charge in [0.15, 0.2) is 0 Å². The minimum atomic E-state index is 0.422. The first-order valence-electron chi connectivity index (χ1n) is 6.56. The Balaban J connectivity index is 2.13. The average Bonchev–Trinajstić information content (AvgIpc) is 2.89. The number of hydrogen-bond acceptors (Lipinski definition) is 2. The van der Waals surface area contributed by atoms with E-state index >= 15 is 0 Å². The summed E-state index contributed by atoms with van der Waals surface area (Å²) in [5.74, 6) is 0. The maximum absolute atomic E-state index is 3.64. The molecule has 0 bridgehead atoms. The largest absolute Gasteiger partial charge is 0.313 e. The molecule has 0 spiro atoms. The molecule has 1 aromatic heterocycles. The molecular weight excluding hydrogens is 318 g/mol. The molecule has 102 valence electrons. The number of hydrogen-bond donors (Lipinski definition) is 1. The van der Waals surface area contributed by atoms with Gasteiger partial charge in [-0.3, -0.25) is 0 Å². The standard InChI is InChI=1S/C16H20BrNS/c1-11-8-14(9-12(2)16(11)17)15(18-3)5-4-13-6-7-19-10-13/h6-10,15,18H,4-5H2,1-3H3. The van der Waals surface area contributed by atoms with E-state index in [2.05, 4.69) is 64.1 Å². The van der Waals surface area contributed by atoms with Gasteiger partial charge >= 0.3 is 0 Å². The monoisotopic (exact) mass is 337 g/mol. The van der Waals surface area contributed by atoms with Crippen LogP contribution < -0.4 is 5.32 Å². The third kappa shape index (κ3) is 3.68. The van der Waals surface area contributed by atoms with Gasteiger partial charge in [-0.15, -0.1) is 0 Å². The van der Waals surface area contributed by atoms with Crippen LogP contribution in [0.1, 0.15) is 34.7 Å². The lowest BCUT2D eigenvalue weighted by atomic mass is 9.97. The molecule has 3 heteroatoms.